The number of hydrogen-bond donors (Lipinski definition) is 0. The van der Waals surface area contributed by atoms with Gasteiger partial charge >= 0.3 is 0 Å². The van der Waals surface area contributed by atoms with Crippen LogP contribution in [0, 0.1) is 20.8 Å². The van der Waals surface area contributed by atoms with Gasteiger partial charge in [-0.3, -0.25) is 4.79 Å². The van der Waals surface area contributed by atoms with Crippen LogP contribution in [0.5, 0.6) is 0 Å². The monoisotopic (exact) mass is 412 g/mol. The van der Waals surface area contributed by atoms with E-state index in [1.165, 1.54) is 11.1 Å². The molecule has 2 aromatic heterocycles. The number of aromatic nitrogens is 2. The maximum Gasteiger partial charge on any atom is 0.273 e. The SMILES string of the molecule is Cc1ccc(-c2nc(C(=O)N3CCCN(c4nc(C)cs4)CC3)cs2)c(C)c1. The molecule has 0 radical (unpaired) electrons. The minimum absolute atomic E-state index is 0.0319. The Morgan fingerprint density at radius 1 is 1.00 bits per heavy atom. The van der Waals surface area contributed by atoms with Crippen LogP contribution in [0.1, 0.15) is 33.7 Å². The Labute approximate surface area is 173 Å². The number of hydrogen-bond acceptors (Lipinski definition) is 6. The minimum Gasteiger partial charge on any atom is -0.346 e. The summed E-state index contributed by atoms with van der Waals surface area (Å²) in [4.78, 5) is 26.5. The molecule has 1 fully saturated rings. The minimum atomic E-state index is 0.0319. The molecule has 28 heavy (non-hydrogen) atoms. The molecule has 1 aliphatic rings. The third-order valence-electron chi connectivity index (χ3n) is 5.00. The van der Waals surface area contributed by atoms with Gasteiger partial charge in [0.15, 0.2) is 5.13 Å². The van der Waals surface area contributed by atoms with Crippen molar-refractivity contribution in [2.24, 2.45) is 0 Å². The molecular formula is C21H24N4OS2. The van der Waals surface area contributed by atoms with Crippen molar-refractivity contribution in [1.82, 2.24) is 14.9 Å². The number of carbonyl (C=O) groups is 1. The van der Waals surface area contributed by atoms with Crippen LogP contribution in [0.25, 0.3) is 10.6 Å². The normalized spacial score (nSPS) is 15.0. The molecule has 1 aliphatic heterocycles. The third kappa shape index (κ3) is 3.95. The van der Waals surface area contributed by atoms with Gasteiger partial charge in [-0.05, 0) is 32.8 Å². The van der Waals surface area contributed by atoms with Crippen molar-refractivity contribution in [3.63, 3.8) is 0 Å². The number of rotatable bonds is 3. The smallest absolute Gasteiger partial charge is 0.273 e. The lowest BCUT2D eigenvalue weighted by atomic mass is 10.1. The van der Waals surface area contributed by atoms with Crippen LogP contribution in [-0.2, 0) is 0 Å². The van der Waals surface area contributed by atoms with Crippen molar-refractivity contribution in [1.29, 1.82) is 0 Å². The number of thiazole rings is 2. The van der Waals surface area contributed by atoms with Gasteiger partial charge in [-0.2, -0.15) is 0 Å². The molecule has 1 amide bonds. The molecule has 0 unspecified atom stereocenters. The highest BCUT2D eigenvalue weighted by Crippen LogP contribution is 2.28. The van der Waals surface area contributed by atoms with Gasteiger partial charge in [-0.25, -0.2) is 9.97 Å². The molecule has 3 aromatic rings. The quantitative estimate of drug-likeness (QED) is 0.633. The molecule has 0 aliphatic carbocycles. The van der Waals surface area contributed by atoms with Gasteiger partial charge < -0.3 is 9.80 Å². The summed E-state index contributed by atoms with van der Waals surface area (Å²) in [6, 6.07) is 6.34. The summed E-state index contributed by atoms with van der Waals surface area (Å²) >= 11 is 3.22. The zero-order chi connectivity index (χ0) is 19.7. The first-order valence-corrected chi connectivity index (χ1v) is 11.3. The maximum absolute atomic E-state index is 13.0. The average Bonchev–Trinajstić information content (AvgIpc) is 3.25. The fraction of sp³-hybridized carbons (Fsp3) is 0.381. The molecule has 4 rings (SSSR count). The molecule has 5 nitrogen and oxygen atoms in total. The maximum atomic E-state index is 13.0. The summed E-state index contributed by atoms with van der Waals surface area (Å²) in [7, 11) is 0. The highest BCUT2D eigenvalue weighted by Gasteiger charge is 2.23. The number of carbonyl (C=O) groups excluding carboxylic acids is 1. The van der Waals surface area contributed by atoms with Gasteiger partial charge in [-0.1, -0.05) is 23.8 Å². The summed E-state index contributed by atoms with van der Waals surface area (Å²) < 4.78 is 0. The van der Waals surface area contributed by atoms with Crippen LogP contribution in [-0.4, -0.2) is 47.0 Å². The highest BCUT2D eigenvalue weighted by molar-refractivity contribution is 7.13. The van der Waals surface area contributed by atoms with E-state index in [1.54, 1.807) is 22.7 Å². The Bertz CT molecular complexity index is 994. The molecule has 0 saturated carbocycles. The lowest BCUT2D eigenvalue weighted by Gasteiger charge is -2.21. The van der Waals surface area contributed by atoms with E-state index in [0.29, 0.717) is 12.2 Å². The van der Waals surface area contributed by atoms with Crippen molar-refractivity contribution in [3.05, 3.63) is 51.5 Å². The van der Waals surface area contributed by atoms with E-state index in [-0.39, 0.29) is 5.91 Å². The van der Waals surface area contributed by atoms with Crippen LogP contribution >= 0.6 is 22.7 Å². The molecule has 3 heterocycles. The van der Waals surface area contributed by atoms with Gasteiger partial charge in [0.05, 0.1) is 5.69 Å². The van der Waals surface area contributed by atoms with Crippen molar-refractivity contribution in [2.75, 3.05) is 31.1 Å². The second-order valence-electron chi connectivity index (χ2n) is 7.26. The fourth-order valence-corrected chi connectivity index (χ4v) is 5.25. The standard InChI is InChI=1S/C21H24N4OS2/c1-14-5-6-17(15(2)11-14)19-23-18(13-27-19)20(26)24-7-4-8-25(10-9-24)21-22-16(3)12-28-21/h5-6,11-13H,4,7-10H2,1-3H3. The number of anilines is 1. The van der Waals surface area contributed by atoms with Crippen LogP contribution in [0.2, 0.25) is 0 Å². The zero-order valence-electron chi connectivity index (χ0n) is 16.4. The lowest BCUT2D eigenvalue weighted by molar-refractivity contribution is 0.0762. The lowest BCUT2D eigenvalue weighted by Crippen LogP contribution is -2.35. The molecule has 146 valence electrons. The molecule has 0 atom stereocenters. The molecule has 0 spiro atoms. The summed E-state index contributed by atoms with van der Waals surface area (Å²) in [6.07, 6.45) is 0.943. The zero-order valence-corrected chi connectivity index (χ0v) is 18.1. The van der Waals surface area contributed by atoms with Crippen LogP contribution in [0.15, 0.2) is 29.0 Å². The Hall–Kier alpha value is -2.25. The number of amides is 1. The van der Waals surface area contributed by atoms with Crippen LogP contribution < -0.4 is 4.90 Å². The first-order valence-electron chi connectivity index (χ1n) is 9.51. The van der Waals surface area contributed by atoms with E-state index in [2.05, 4.69) is 52.3 Å². The van der Waals surface area contributed by atoms with E-state index in [9.17, 15) is 4.79 Å². The first-order chi connectivity index (χ1) is 13.5. The van der Waals surface area contributed by atoms with Crippen LogP contribution in [0.3, 0.4) is 0 Å². The summed E-state index contributed by atoms with van der Waals surface area (Å²) in [5.41, 5.74) is 5.14. The van der Waals surface area contributed by atoms with Crippen molar-refractivity contribution in [2.45, 2.75) is 27.2 Å². The fourth-order valence-electron chi connectivity index (χ4n) is 3.51. The van der Waals surface area contributed by atoms with Crippen molar-refractivity contribution >= 4 is 33.7 Å². The van der Waals surface area contributed by atoms with E-state index < -0.39 is 0 Å². The molecule has 1 aromatic carbocycles. The Morgan fingerprint density at radius 3 is 2.61 bits per heavy atom. The van der Waals surface area contributed by atoms with Crippen molar-refractivity contribution in [3.8, 4) is 10.6 Å². The number of nitrogens with zero attached hydrogens (tertiary/aromatic N) is 4. The van der Waals surface area contributed by atoms with Gasteiger partial charge in [0, 0.05) is 42.5 Å². The highest BCUT2D eigenvalue weighted by atomic mass is 32.1. The predicted octanol–water partition coefficient (Wildman–Crippen LogP) is 4.54. The molecule has 0 bridgehead atoms. The molecular weight excluding hydrogens is 388 g/mol. The van der Waals surface area contributed by atoms with Crippen LogP contribution in [0.4, 0.5) is 5.13 Å². The summed E-state index contributed by atoms with van der Waals surface area (Å²) in [6.45, 7) is 9.40. The average molecular weight is 413 g/mol. The Kier molecular flexibility index (Phi) is 5.46. The number of benzene rings is 1. The van der Waals surface area contributed by atoms with E-state index in [4.69, 9.17) is 0 Å². The Morgan fingerprint density at radius 2 is 1.86 bits per heavy atom. The summed E-state index contributed by atoms with van der Waals surface area (Å²) in [5.74, 6) is 0.0319. The largest absolute Gasteiger partial charge is 0.346 e. The van der Waals surface area contributed by atoms with Gasteiger partial charge in [0.25, 0.3) is 5.91 Å². The van der Waals surface area contributed by atoms with Gasteiger partial charge in [-0.15, -0.1) is 22.7 Å². The molecule has 7 heteroatoms. The topological polar surface area (TPSA) is 49.3 Å². The molecule has 1 saturated heterocycles. The second kappa shape index (κ2) is 8.01. The summed E-state index contributed by atoms with van der Waals surface area (Å²) in [5, 5.41) is 5.93. The molecule has 0 N–H and O–H groups in total. The van der Waals surface area contributed by atoms with E-state index in [1.807, 2.05) is 17.2 Å². The van der Waals surface area contributed by atoms with Gasteiger partial charge in [0.2, 0.25) is 0 Å². The number of aryl methyl sites for hydroxylation is 3. The predicted molar refractivity (Wildman–Crippen MR) is 117 cm³/mol. The van der Waals surface area contributed by atoms with E-state index >= 15 is 0 Å². The van der Waals surface area contributed by atoms with E-state index in [0.717, 1.165) is 47.5 Å². The van der Waals surface area contributed by atoms with Gasteiger partial charge in [0.1, 0.15) is 10.7 Å². The Balaban J connectivity index is 1.47. The first kappa shape index (κ1) is 19.1. The second-order valence-corrected chi connectivity index (χ2v) is 8.96. The van der Waals surface area contributed by atoms with Crippen molar-refractivity contribution < 1.29 is 4.79 Å². The third-order valence-corrected chi connectivity index (χ3v) is 6.89.